The normalized spacial score (nSPS) is 12.8. The monoisotopic (exact) mass is 300 g/mol. The molecule has 0 aliphatic carbocycles. The fraction of sp³-hybridized carbons (Fsp3) is 0.667. The maximum absolute atomic E-state index is 11.6. The van der Waals surface area contributed by atoms with Crippen LogP contribution in [-0.4, -0.2) is 49.0 Å². The maximum atomic E-state index is 11.6. The van der Waals surface area contributed by atoms with Gasteiger partial charge in [0.2, 0.25) is 0 Å². The Balaban J connectivity index is 2.82. The summed E-state index contributed by atoms with van der Waals surface area (Å²) in [5.41, 5.74) is -0.737. The second-order valence-electron chi connectivity index (χ2n) is 5.58. The molecule has 1 unspecified atom stereocenters. The van der Waals surface area contributed by atoms with Crippen molar-refractivity contribution >= 4 is 12.1 Å². The standard InChI is InChI=1S/C12H20N4O5/c1-7(17)6-16-8(9(10(18)19)14-15-16)5-13-11(20)21-12(2,3)4/h7,17H,5-6H2,1-4H3,(H,13,20)(H,18,19). The molecule has 0 aliphatic rings. The number of rotatable bonds is 5. The Labute approximate surface area is 121 Å². The SMILES string of the molecule is CC(O)Cn1nnc(C(=O)O)c1CNC(=O)OC(C)(C)C. The first-order valence-corrected chi connectivity index (χ1v) is 6.40. The molecule has 0 radical (unpaired) electrons. The average Bonchev–Trinajstić information content (AvgIpc) is 2.66. The number of aliphatic hydroxyl groups excluding tert-OH is 1. The molecule has 0 saturated heterocycles. The molecule has 9 nitrogen and oxygen atoms in total. The topological polar surface area (TPSA) is 127 Å². The number of aliphatic hydroxyl groups is 1. The molecule has 1 aromatic rings. The zero-order valence-electron chi connectivity index (χ0n) is 12.5. The van der Waals surface area contributed by atoms with Gasteiger partial charge in [-0.3, -0.25) is 0 Å². The highest BCUT2D eigenvalue weighted by atomic mass is 16.6. The summed E-state index contributed by atoms with van der Waals surface area (Å²) in [5, 5.41) is 28.0. The van der Waals surface area contributed by atoms with Crippen molar-refractivity contribution in [3.05, 3.63) is 11.4 Å². The molecular weight excluding hydrogens is 280 g/mol. The summed E-state index contributed by atoms with van der Waals surface area (Å²) in [7, 11) is 0. The summed E-state index contributed by atoms with van der Waals surface area (Å²) >= 11 is 0. The molecule has 9 heteroatoms. The first-order chi connectivity index (χ1) is 9.60. The van der Waals surface area contributed by atoms with Crippen molar-refractivity contribution in [2.75, 3.05) is 0 Å². The molecule has 1 rings (SSSR count). The summed E-state index contributed by atoms with van der Waals surface area (Å²) in [6.07, 6.45) is -1.41. The van der Waals surface area contributed by atoms with Gasteiger partial charge < -0.3 is 20.3 Å². The number of carboxylic acid groups (broad SMARTS) is 1. The minimum atomic E-state index is -1.26. The number of ether oxygens (including phenoxy) is 1. The van der Waals surface area contributed by atoms with Crippen LogP contribution in [0, 0.1) is 0 Å². The highest BCUT2D eigenvalue weighted by Crippen LogP contribution is 2.09. The van der Waals surface area contributed by atoms with Gasteiger partial charge in [-0.15, -0.1) is 5.10 Å². The minimum absolute atomic E-state index is 0.0750. The summed E-state index contributed by atoms with van der Waals surface area (Å²) < 4.78 is 6.30. The third-order valence-electron chi connectivity index (χ3n) is 2.28. The Bertz CT molecular complexity index is 518. The van der Waals surface area contributed by atoms with E-state index in [1.165, 1.54) is 11.6 Å². The highest BCUT2D eigenvalue weighted by molar-refractivity contribution is 5.86. The lowest BCUT2D eigenvalue weighted by atomic mass is 10.2. The van der Waals surface area contributed by atoms with Gasteiger partial charge in [-0.25, -0.2) is 14.3 Å². The average molecular weight is 300 g/mol. The molecule has 0 spiro atoms. The van der Waals surface area contributed by atoms with Crippen molar-refractivity contribution in [1.29, 1.82) is 0 Å². The van der Waals surface area contributed by atoms with Gasteiger partial charge in [-0.2, -0.15) is 0 Å². The predicted molar refractivity (Wildman–Crippen MR) is 71.7 cm³/mol. The quantitative estimate of drug-likeness (QED) is 0.717. The maximum Gasteiger partial charge on any atom is 0.407 e. The van der Waals surface area contributed by atoms with Crippen LogP contribution >= 0.6 is 0 Å². The molecule has 0 saturated carbocycles. The van der Waals surface area contributed by atoms with Crippen molar-refractivity contribution in [2.45, 2.75) is 52.5 Å². The summed E-state index contributed by atoms with van der Waals surface area (Å²) in [6.45, 7) is 6.65. The lowest BCUT2D eigenvalue weighted by Gasteiger charge is -2.19. The largest absolute Gasteiger partial charge is 0.476 e. The smallest absolute Gasteiger partial charge is 0.407 e. The van der Waals surface area contributed by atoms with Crippen molar-refractivity contribution in [2.24, 2.45) is 0 Å². The second-order valence-corrected chi connectivity index (χ2v) is 5.58. The number of carboxylic acids is 1. The molecule has 0 aromatic carbocycles. The third-order valence-corrected chi connectivity index (χ3v) is 2.28. The van der Waals surface area contributed by atoms with Crippen molar-refractivity contribution in [3.8, 4) is 0 Å². The number of carbonyl (C=O) groups excluding carboxylic acids is 1. The molecule has 0 fully saturated rings. The van der Waals surface area contributed by atoms with Crippen LogP contribution in [0.5, 0.6) is 0 Å². The van der Waals surface area contributed by atoms with E-state index in [1.54, 1.807) is 20.8 Å². The Morgan fingerprint density at radius 1 is 1.43 bits per heavy atom. The van der Waals surface area contributed by atoms with E-state index in [4.69, 9.17) is 9.84 Å². The molecule has 1 heterocycles. The number of hydrogen-bond donors (Lipinski definition) is 3. The van der Waals surface area contributed by atoms with Crippen molar-refractivity contribution < 1.29 is 24.5 Å². The van der Waals surface area contributed by atoms with Gasteiger partial charge in [0.15, 0.2) is 5.69 Å². The van der Waals surface area contributed by atoms with E-state index in [1.807, 2.05) is 0 Å². The number of amides is 1. The lowest BCUT2D eigenvalue weighted by molar-refractivity contribution is 0.0519. The van der Waals surface area contributed by atoms with Gasteiger partial charge in [0, 0.05) is 0 Å². The summed E-state index contributed by atoms with van der Waals surface area (Å²) in [4.78, 5) is 22.7. The number of carbonyl (C=O) groups is 2. The molecule has 1 aromatic heterocycles. The van der Waals surface area contributed by atoms with Gasteiger partial charge >= 0.3 is 12.1 Å². The van der Waals surface area contributed by atoms with E-state index in [2.05, 4.69) is 15.6 Å². The fourth-order valence-corrected chi connectivity index (χ4v) is 1.54. The van der Waals surface area contributed by atoms with Crippen LogP contribution in [0.2, 0.25) is 0 Å². The van der Waals surface area contributed by atoms with E-state index in [0.717, 1.165) is 0 Å². The van der Waals surface area contributed by atoms with Gasteiger partial charge in [-0.1, -0.05) is 5.21 Å². The Morgan fingerprint density at radius 2 is 2.05 bits per heavy atom. The van der Waals surface area contributed by atoms with Crippen LogP contribution in [0.4, 0.5) is 4.79 Å². The van der Waals surface area contributed by atoms with Crippen LogP contribution in [0.15, 0.2) is 0 Å². The number of aromatic nitrogens is 3. The molecule has 21 heavy (non-hydrogen) atoms. The molecule has 118 valence electrons. The molecule has 1 amide bonds. The van der Waals surface area contributed by atoms with Crippen LogP contribution in [0.1, 0.15) is 43.9 Å². The Hall–Kier alpha value is -2.16. The van der Waals surface area contributed by atoms with Crippen LogP contribution in [0.25, 0.3) is 0 Å². The second kappa shape index (κ2) is 6.53. The Kier molecular flexibility index (Phi) is 5.25. The lowest BCUT2D eigenvalue weighted by Crippen LogP contribution is -2.33. The van der Waals surface area contributed by atoms with Gasteiger partial charge in [0.05, 0.1) is 24.9 Å². The molecule has 3 N–H and O–H groups in total. The van der Waals surface area contributed by atoms with Gasteiger partial charge in [0.1, 0.15) is 5.60 Å². The van der Waals surface area contributed by atoms with Crippen molar-refractivity contribution in [1.82, 2.24) is 20.3 Å². The number of alkyl carbamates (subject to hydrolysis) is 1. The van der Waals surface area contributed by atoms with E-state index >= 15 is 0 Å². The van der Waals surface area contributed by atoms with E-state index < -0.39 is 23.8 Å². The first kappa shape index (κ1) is 16.9. The fourth-order valence-electron chi connectivity index (χ4n) is 1.54. The van der Waals surface area contributed by atoms with Gasteiger partial charge in [0.25, 0.3) is 0 Å². The third kappa shape index (κ3) is 5.38. The van der Waals surface area contributed by atoms with Crippen molar-refractivity contribution in [3.63, 3.8) is 0 Å². The molecule has 0 bridgehead atoms. The van der Waals surface area contributed by atoms with E-state index in [0.29, 0.717) is 0 Å². The highest BCUT2D eigenvalue weighted by Gasteiger charge is 2.22. The molecule has 1 atom stereocenters. The number of nitrogens with one attached hydrogen (secondary N) is 1. The Morgan fingerprint density at radius 3 is 2.52 bits per heavy atom. The van der Waals surface area contributed by atoms with E-state index in [9.17, 15) is 14.7 Å². The predicted octanol–water partition coefficient (Wildman–Crippen LogP) is 0.382. The van der Waals surface area contributed by atoms with Crippen LogP contribution in [0.3, 0.4) is 0 Å². The number of nitrogens with zero attached hydrogens (tertiary/aromatic N) is 3. The molecule has 0 aliphatic heterocycles. The number of aromatic carboxylic acids is 1. The minimum Gasteiger partial charge on any atom is -0.476 e. The van der Waals surface area contributed by atoms with Crippen LogP contribution < -0.4 is 5.32 Å². The molecular formula is C12H20N4O5. The van der Waals surface area contributed by atoms with E-state index in [-0.39, 0.29) is 24.5 Å². The number of hydrogen-bond acceptors (Lipinski definition) is 6. The van der Waals surface area contributed by atoms with Crippen LogP contribution in [-0.2, 0) is 17.8 Å². The summed E-state index contributed by atoms with van der Waals surface area (Å²) in [5.74, 6) is -1.26. The van der Waals surface area contributed by atoms with Gasteiger partial charge in [-0.05, 0) is 27.7 Å². The first-order valence-electron chi connectivity index (χ1n) is 6.40. The summed E-state index contributed by atoms with van der Waals surface area (Å²) in [6, 6.07) is 0. The zero-order chi connectivity index (χ0) is 16.2. The zero-order valence-corrected chi connectivity index (χ0v) is 12.5.